The summed E-state index contributed by atoms with van der Waals surface area (Å²) in [7, 11) is -3.66. The average Bonchev–Trinajstić information content (AvgIpc) is 3.10. The van der Waals surface area contributed by atoms with E-state index in [4.69, 9.17) is 9.47 Å². The summed E-state index contributed by atoms with van der Waals surface area (Å²) in [5.74, 6) is 1.21. The molecule has 0 fully saturated rings. The Balaban J connectivity index is 1.96. The SMILES string of the molecule is Cc1ccc(S(=O)(=O)n2cc(C)c3cc4c(cc32)OCO4)cc1. The second kappa shape index (κ2) is 4.76. The Morgan fingerprint density at radius 3 is 2.35 bits per heavy atom. The fraction of sp³-hybridized carbons (Fsp3) is 0.176. The molecular weight excluding hydrogens is 314 g/mol. The number of aryl methyl sites for hydroxylation is 2. The van der Waals surface area contributed by atoms with Crippen LogP contribution in [0, 0.1) is 13.8 Å². The zero-order valence-corrected chi connectivity index (χ0v) is 13.6. The lowest BCUT2D eigenvalue weighted by molar-refractivity contribution is 0.174. The van der Waals surface area contributed by atoms with Crippen LogP contribution in [0.3, 0.4) is 0 Å². The second-order valence-electron chi connectivity index (χ2n) is 5.65. The molecule has 118 valence electrons. The first-order valence-corrected chi connectivity index (χ1v) is 8.64. The van der Waals surface area contributed by atoms with Gasteiger partial charge in [0.2, 0.25) is 6.79 Å². The summed E-state index contributed by atoms with van der Waals surface area (Å²) in [4.78, 5) is 0.262. The number of fused-ring (bicyclic) bond motifs is 2. The molecule has 3 aromatic rings. The molecule has 0 atom stereocenters. The van der Waals surface area contributed by atoms with Crippen LogP contribution in [-0.4, -0.2) is 19.2 Å². The van der Waals surface area contributed by atoms with E-state index in [1.54, 1.807) is 36.5 Å². The van der Waals surface area contributed by atoms with Gasteiger partial charge in [0.05, 0.1) is 10.4 Å². The molecule has 6 heteroatoms. The first kappa shape index (κ1) is 14.1. The molecule has 0 radical (unpaired) electrons. The van der Waals surface area contributed by atoms with Gasteiger partial charge in [0.15, 0.2) is 11.5 Å². The Hall–Kier alpha value is -2.47. The van der Waals surface area contributed by atoms with Crippen LogP contribution in [0.25, 0.3) is 10.9 Å². The molecule has 4 rings (SSSR count). The van der Waals surface area contributed by atoms with Gasteiger partial charge in [0.25, 0.3) is 10.0 Å². The Bertz CT molecular complexity index is 1020. The molecule has 1 aliphatic heterocycles. The van der Waals surface area contributed by atoms with E-state index < -0.39 is 10.0 Å². The zero-order valence-electron chi connectivity index (χ0n) is 12.7. The summed E-state index contributed by atoms with van der Waals surface area (Å²) in [5, 5.41) is 0.838. The second-order valence-corrected chi connectivity index (χ2v) is 7.46. The molecule has 23 heavy (non-hydrogen) atoms. The number of ether oxygens (including phenoxy) is 2. The summed E-state index contributed by atoms with van der Waals surface area (Å²) >= 11 is 0. The molecule has 0 unspecified atom stereocenters. The van der Waals surface area contributed by atoms with Gasteiger partial charge in [-0.25, -0.2) is 12.4 Å². The zero-order chi connectivity index (χ0) is 16.2. The standard InChI is InChI=1S/C17H15NO4S/c1-11-3-5-13(6-4-11)23(19,20)18-9-12(2)14-7-16-17(8-15(14)18)22-10-21-16/h3-9H,10H2,1-2H3. The maximum atomic E-state index is 13.0. The van der Waals surface area contributed by atoms with Gasteiger partial charge in [-0.3, -0.25) is 0 Å². The minimum absolute atomic E-state index is 0.158. The van der Waals surface area contributed by atoms with Crippen LogP contribution < -0.4 is 9.47 Å². The number of hydrogen-bond acceptors (Lipinski definition) is 4. The summed E-state index contributed by atoms with van der Waals surface area (Å²) in [6.45, 7) is 3.96. The van der Waals surface area contributed by atoms with Crippen LogP contribution in [0.2, 0.25) is 0 Å². The lowest BCUT2D eigenvalue weighted by Gasteiger charge is -2.08. The number of nitrogens with zero attached hydrogens (tertiary/aromatic N) is 1. The van der Waals surface area contributed by atoms with Crippen molar-refractivity contribution in [2.45, 2.75) is 18.7 Å². The van der Waals surface area contributed by atoms with Crippen molar-refractivity contribution in [1.29, 1.82) is 0 Å². The summed E-state index contributed by atoms with van der Waals surface area (Å²) in [6.07, 6.45) is 1.63. The Kier molecular flexibility index (Phi) is 2.93. The first-order chi connectivity index (χ1) is 11.0. The van der Waals surface area contributed by atoms with E-state index in [1.807, 2.05) is 19.9 Å². The molecule has 0 amide bonds. The Labute approximate surface area is 134 Å². The van der Waals surface area contributed by atoms with E-state index >= 15 is 0 Å². The average molecular weight is 329 g/mol. The van der Waals surface area contributed by atoms with Crippen LogP contribution >= 0.6 is 0 Å². The number of benzene rings is 2. The normalized spacial score (nSPS) is 13.7. The number of rotatable bonds is 2. The number of aromatic nitrogens is 1. The highest BCUT2D eigenvalue weighted by atomic mass is 32.2. The highest BCUT2D eigenvalue weighted by Crippen LogP contribution is 2.38. The van der Waals surface area contributed by atoms with Crippen LogP contribution in [0.5, 0.6) is 11.5 Å². The predicted octanol–water partition coefficient (Wildman–Crippen LogP) is 3.22. The highest BCUT2D eigenvalue weighted by Gasteiger charge is 2.23. The molecule has 0 aliphatic carbocycles. The van der Waals surface area contributed by atoms with Gasteiger partial charge in [0, 0.05) is 17.6 Å². The fourth-order valence-corrected chi connectivity index (χ4v) is 4.18. The minimum atomic E-state index is -3.66. The van der Waals surface area contributed by atoms with Crippen molar-refractivity contribution in [2.24, 2.45) is 0 Å². The van der Waals surface area contributed by atoms with Crippen molar-refractivity contribution < 1.29 is 17.9 Å². The molecule has 0 N–H and O–H groups in total. The van der Waals surface area contributed by atoms with E-state index in [0.29, 0.717) is 17.0 Å². The molecule has 0 spiro atoms. The van der Waals surface area contributed by atoms with Gasteiger partial charge in [-0.15, -0.1) is 0 Å². The van der Waals surface area contributed by atoms with E-state index in [2.05, 4.69) is 0 Å². The topological polar surface area (TPSA) is 57.5 Å². The molecule has 0 bridgehead atoms. The van der Waals surface area contributed by atoms with Crippen molar-refractivity contribution in [3.8, 4) is 11.5 Å². The smallest absolute Gasteiger partial charge is 0.268 e. The van der Waals surface area contributed by atoms with Crippen molar-refractivity contribution in [3.63, 3.8) is 0 Å². The molecule has 1 aliphatic rings. The van der Waals surface area contributed by atoms with E-state index in [1.165, 1.54) is 3.97 Å². The van der Waals surface area contributed by atoms with Gasteiger partial charge in [0.1, 0.15) is 0 Å². The quantitative estimate of drug-likeness (QED) is 0.724. The van der Waals surface area contributed by atoms with Crippen LogP contribution in [-0.2, 0) is 10.0 Å². The highest BCUT2D eigenvalue weighted by molar-refractivity contribution is 7.90. The molecule has 2 heterocycles. The summed E-state index contributed by atoms with van der Waals surface area (Å²) < 4.78 is 38.0. The van der Waals surface area contributed by atoms with Crippen LogP contribution in [0.4, 0.5) is 0 Å². The fourth-order valence-electron chi connectivity index (χ4n) is 2.77. The molecule has 0 saturated carbocycles. The third kappa shape index (κ3) is 2.09. The van der Waals surface area contributed by atoms with Crippen molar-refractivity contribution in [2.75, 3.05) is 6.79 Å². The maximum Gasteiger partial charge on any atom is 0.268 e. The first-order valence-electron chi connectivity index (χ1n) is 7.20. The molecule has 1 aromatic heterocycles. The van der Waals surface area contributed by atoms with Gasteiger partial charge in [-0.1, -0.05) is 17.7 Å². The molecular formula is C17H15NO4S. The van der Waals surface area contributed by atoms with Gasteiger partial charge >= 0.3 is 0 Å². The van der Waals surface area contributed by atoms with Crippen LogP contribution in [0.15, 0.2) is 47.5 Å². The molecule has 5 nitrogen and oxygen atoms in total. The third-order valence-corrected chi connectivity index (χ3v) is 5.73. The van der Waals surface area contributed by atoms with Crippen molar-refractivity contribution in [3.05, 3.63) is 53.7 Å². The number of hydrogen-bond donors (Lipinski definition) is 0. The van der Waals surface area contributed by atoms with Crippen molar-refractivity contribution in [1.82, 2.24) is 3.97 Å². The van der Waals surface area contributed by atoms with E-state index in [-0.39, 0.29) is 11.7 Å². The Morgan fingerprint density at radius 2 is 1.65 bits per heavy atom. The van der Waals surface area contributed by atoms with E-state index in [0.717, 1.165) is 16.5 Å². The molecule has 0 saturated heterocycles. The molecule has 2 aromatic carbocycles. The maximum absolute atomic E-state index is 13.0. The van der Waals surface area contributed by atoms with Gasteiger partial charge in [-0.05, 0) is 37.6 Å². The Morgan fingerprint density at radius 1 is 1.00 bits per heavy atom. The van der Waals surface area contributed by atoms with Gasteiger partial charge in [-0.2, -0.15) is 0 Å². The summed E-state index contributed by atoms with van der Waals surface area (Å²) in [5.41, 5.74) is 2.47. The predicted molar refractivity (Wildman–Crippen MR) is 86.6 cm³/mol. The minimum Gasteiger partial charge on any atom is -0.454 e. The van der Waals surface area contributed by atoms with Gasteiger partial charge < -0.3 is 9.47 Å². The largest absolute Gasteiger partial charge is 0.454 e. The lowest BCUT2D eigenvalue weighted by Crippen LogP contribution is -2.11. The van der Waals surface area contributed by atoms with Crippen LogP contribution in [0.1, 0.15) is 11.1 Å². The monoisotopic (exact) mass is 329 g/mol. The summed E-state index contributed by atoms with van der Waals surface area (Å²) in [6, 6.07) is 10.4. The van der Waals surface area contributed by atoms with E-state index in [9.17, 15) is 8.42 Å². The lowest BCUT2D eigenvalue weighted by atomic mass is 10.2. The third-order valence-electron chi connectivity index (χ3n) is 4.04. The van der Waals surface area contributed by atoms with Crippen molar-refractivity contribution >= 4 is 20.9 Å².